The standard InChI is InChI=1S/C13H14F3NO2S/c1-20-11-6-7-17(8-11)12(18)9-2-4-10(5-3-9)19-13(14,15)16/h2-5,11H,6-8H2,1H3/t11-/m0/s1. The van der Waals surface area contributed by atoms with E-state index in [1.165, 1.54) is 12.1 Å². The zero-order valence-corrected chi connectivity index (χ0v) is 11.6. The first-order chi connectivity index (χ1) is 9.39. The normalized spacial score (nSPS) is 19.2. The van der Waals surface area contributed by atoms with Gasteiger partial charge in [0.2, 0.25) is 0 Å². The highest BCUT2D eigenvalue weighted by atomic mass is 32.2. The van der Waals surface area contributed by atoms with Gasteiger partial charge in [0.25, 0.3) is 5.91 Å². The first kappa shape index (κ1) is 15.0. The molecule has 7 heteroatoms. The lowest BCUT2D eigenvalue weighted by molar-refractivity contribution is -0.274. The molecular formula is C13H14F3NO2S. The van der Waals surface area contributed by atoms with Crippen molar-refractivity contribution in [2.45, 2.75) is 18.0 Å². The number of nitrogens with zero attached hydrogens (tertiary/aromatic N) is 1. The molecule has 1 aromatic rings. The van der Waals surface area contributed by atoms with Crippen LogP contribution in [0.3, 0.4) is 0 Å². The summed E-state index contributed by atoms with van der Waals surface area (Å²) in [6.07, 6.45) is -1.77. The smallest absolute Gasteiger partial charge is 0.406 e. The van der Waals surface area contributed by atoms with Crippen LogP contribution in [-0.2, 0) is 0 Å². The number of rotatable bonds is 3. The molecule has 0 N–H and O–H groups in total. The molecule has 3 nitrogen and oxygen atoms in total. The van der Waals surface area contributed by atoms with Gasteiger partial charge in [0.1, 0.15) is 5.75 Å². The summed E-state index contributed by atoms with van der Waals surface area (Å²) in [6.45, 7) is 1.37. The molecule has 1 amide bonds. The molecule has 0 radical (unpaired) electrons. The lowest BCUT2D eigenvalue weighted by Gasteiger charge is -2.16. The van der Waals surface area contributed by atoms with Crippen molar-refractivity contribution in [3.8, 4) is 5.75 Å². The van der Waals surface area contributed by atoms with Crippen LogP contribution in [0.4, 0.5) is 13.2 Å². The number of amides is 1. The average Bonchev–Trinajstić information content (AvgIpc) is 2.85. The highest BCUT2D eigenvalue weighted by molar-refractivity contribution is 7.99. The van der Waals surface area contributed by atoms with E-state index in [2.05, 4.69) is 4.74 Å². The van der Waals surface area contributed by atoms with E-state index < -0.39 is 6.36 Å². The Morgan fingerprint density at radius 2 is 2.00 bits per heavy atom. The van der Waals surface area contributed by atoms with Crippen molar-refractivity contribution in [1.29, 1.82) is 0 Å². The van der Waals surface area contributed by atoms with E-state index >= 15 is 0 Å². The van der Waals surface area contributed by atoms with Crippen molar-refractivity contribution in [3.63, 3.8) is 0 Å². The summed E-state index contributed by atoms with van der Waals surface area (Å²) >= 11 is 1.72. The number of benzene rings is 1. The monoisotopic (exact) mass is 305 g/mol. The predicted molar refractivity (Wildman–Crippen MR) is 70.9 cm³/mol. The molecule has 0 aromatic heterocycles. The first-order valence-electron chi connectivity index (χ1n) is 6.07. The Morgan fingerprint density at radius 3 is 2.50 bits per heavy atom. The molecule has 1 fully saturated rings. The molecule has 0 unspecified atom stereocenters. The molecule has 20 heavy (non-hydrogen) atoms. The quantitative estimate of drug-likeness (QED) is 0.859. The Kier molecular flexibility index (Phi) is 4.47. The SMILES string of the molecule is CS[C@H]1CCN(C(=O)c2ccc(OC(F)(F)F)cc2)C1. The molecule has 1 saturated heterocycles. The molecule has 1 aliphatic rings. The Morgan fingerprint density at radius 1 is 1.35 bits per heavy atom. The second-order valence-corrected chi connectivity index (χ2v) is 5.61. The largest absolute Gasteiger partial charge is 0.573 e. The summed E-state index contributed by atoms with van der Waals surface area (Å²) in [5, 5.41) is 0.437. The molecule has 1 aromatic carbocycles. The van der Waals surface area contributed by atoms with Crippen LogP contribution in [-0.4, -0.2) is 41.8 Å². The van der Waals surface area contributed by atoms with Gasteiger partial charge in [-0.05, 0) is 36.9 Å². The fourth-order valence-electron chi connectivity index (χ4n) is 2.09. The minimum atomic E-state index is -4.72. The second-order valence-electron chi connectivity index (χ2n) is 4.47. The average molecular weight is 305 g/mol. The third-order valence-corrected chi connectivity index (χ3v) is 4.15. The summed E-state index contributed by atoms with van der Waals surface area (Å²) in [5.74, 6) is -0.474. The van der Waals surface area contributed by atoms with E-state index in [0.29, 0.717) is 23.9 Å². The van der Waals surface area contributed by atoms with Crippen molar-refractivity contribution in [1.82, 2.24) is 4.90 Å². The van der Waals surface area contributed by atoms with Gasteiger partial charge >= 0.3 is 6.36 Å². The number of likely N-dealkylation sites (tertiary alicyclic amines) is 1. The third-order valence-electron chi connectivity index (χ3n) is 3.10. The van der Waals surface area contributed by atoms with Gasteiger partial charge in [0.15, 0.2) is 0 Å². The third kappa shape index (κ3) is 3.82. The maximum Gasteiger partial charge on any atom is 0.573 e. The Bertz CT molecular complexity index is 475. The summed E-state index contributed by atoms with van der Waals surface area (Å²) < 4.78 is 39.9. The molecule has 0 saturated carbocycles. The number of halogens is 3. The van der Waals surface area contributed by atoms with E-state index in [-0.39, 0.29) is 11.7 Å². The van der Waals surface area contributed by atoms with Crippen molar-refractivity contribution >= 4 is 17.7 Å². The van der Waals surface area contributed by atoms with Gasteiger partial charge in [0.05, 0.1) is 0 Å². The fraction of sp³-hybridized carbons (Fsp3) is 0.462. The van der Waals surface area contributed by atoms with Crippen LogP contribution in [0.5, 0.6) is 5.75 Å². The van der Waals surface area contributed by atoms with Crippen LogP contribution in [0, 0.1) is 0 Å². The first-order valence-corrected chi connectivity index (χ1v) is 7.36. The van der Waals surface area contributed by atoms with Crippen LogP contribution in [0.2, 0.25) is 0 Å². The Labute approximate surface area is 119 Å². The van der Waals surface area contributed by atoms with E-state index in [1.54, 1.807) is 16.7 Å². The maximum absolute atomic E-state index is 12.2. The minimum Gasteiger partial charge on any atom is -0.406 e. The number of carbonyl (C=O) groups is 1. The lowest BCUT2D eigenvalue weighted by atomic mass is 10.2. The number of carbonyl (C=O) groups excluding carboxylic acids is 1. The summed E-state index contributed by atoms with van der Waals surface area (Å²) in [5.41, 5.74) is 0.376. The van der Waals surface area contributed by atoms with Gasteiger partial charge in [-0.2, -0.15) is 11.8 Å². The Balaban J connectivity index is 2.01. The van der Waals surface area contributed by atoms with Crippen LogP contribution < -0.4 is 4.74 Å². The van der Waals surface area contributed by atoms with Gasteiger partial charge in [0, 0.05) is 23.9 Å². The molecule has 0 bridgehead atoms. The molecule has 1 atom stereocenters. The highest BCUT2D eigenvalue weighted by Gasteiger charge is 2.31. The Hall–Kier alpha value is -1.37. The highest BCUT2D eigenvalue weighted by Crippen LogP contribution is 2.25. The zero-order valence-electron chi connectivity index (χ0n) is 10.8. The van der Waals surface area contributed by atoms with Gasteiger partial charge in [-0.1, -0.05) is 0 Å². The number of alkyl halides is 3. The molecule has 1 heterocycles. The van der Waals surface area contributed by atoms with Crippen LogP contribution in [0.1, 0.15) is 16.8 Å². The molecule has 0 aliphatic carbocycles. The summed E-state index contributed by atoms with van der Waals surface area (Å²) in [4.78, 5) is 13.9. The summed E-state index contributed by atoms with van der Waals surface area (Å²) in [6, 6.07) is 5.03. The number of ether oxygens (including phenoxy) is 1. The maximum atomic E-state index is 12.2. The number of thioether (sulfide) groups is 1. The molecular weight excluding hydrogens is 291 g/mol. The van der Waals surface area contributed by atoms with Crippen molar-refractivity contribution in [3.05, 3.63) is 29.8 Å². The lowest BCUT2D eigenvalue weighted by Crippen LogP contribution is -2.29. The molecule has 1 aliphatic heterocycles. The van der Waals surface area contributed by atoms with Crippen molar-refractivity contribution in [2.75, 3.05) is 19.3 Å². The van der Waals surface area contributed by atoms with Crippen LogP contribution in [0.15, 0.2) is 24.3 Å². The van der Waals surface area contributed by atoms with E-state index in [9.17, 15) is 18.0 Å². The van der Waals surface area contributed by atoms with E-state index in [1.807, 2.05) is 6.26 Å². The zero-order chi connectivity index (χ0) is 14.8. The van der Waals surface area contributed by atoms with Gasteiger partial charge < -0.3 is 9.64 Å². The van der Waals surface area contributed by atoms with Crippen molar-refractivity contribution in [2.24, 2.45) is 0 Å². The topological polar surface area (TPSA) is 29.5 Å². The number of hydrogen-bond donors (Lipinski definition) is 0. The predicted octanol–water partition coefficient (Wildman–Crippen LogP) is 3.16. The fourth-order valence-corrected chi connectivity index (χ4v) is 2.76. The molecule has 110 valence electrons. The molecule has 2 rings (SSSR count). The molecule has 0 spiro atoms. The van der Waals surface area contributed by atoms with E-state index in [4.69, 9.17) is 0 Å². The minimum absolute atomic E-state index is 0.153. The van der Waals surface area contributed by atoms with Gasteiger partial charge in [-0.25, -0.2) is 0 Å². The van der Waals surface area contributed by atoms with Gasteiger partial charge in [-0.15, -0.1) is 13.2 Å². The second kappa shape index (κ2) is 5.95. The number of hydrogen-bond acceptors (Lipinski definition) is 3. The van der Waals surface area contributed by atoms with E-state index in [0.717, 1.165) is 18.6 Å². The van der Waals surface area contributed by atoms with Gasteiger partial charge in [-0.3, -0.25) is 4.79 Å². The van der Waals surface area contributed by atoms with Crippen LogP contribution in [0.25, 0.3) is 0 Å². The van der Waals surface area contributed by atoms with Crippen molar-refractivity contribution < 1.29 is 22.7 Å². The van der Waals surface area contributed by atoms with Crippen LogP contribution >= 0.6 is 11.8 Å². The summed E-state index contributed by atoms with van der Waals surface area (Å²) in [7, 11) is 0.